The first kappa shape index (κ1) is 13.1. The van der Waals surface area contributed by atoms with E-state index in [1.807, 2.05) is 0 Å². The highest BCUT2D eigenvalue weighted by molar-refractivity contribution is 6.32. The van der Waals surface area contributed by atoms with Gasteiger partial charge in [0.05, 0.1) is 18.7 Å². The molecule has 0 unspecified atom stereocenters. The van der Waals surface area contributed by atoms with Crippen LogP contribution in [0, 0.1) is 0 Å². The lowest BCUT2D eigenvalue weighted by Crippen LogP contribution is -2.50. The molecule has 0 atom stereocenters. The van der Waals surface area contributed by atoms with Crippen molar-refractivity contribution in [3.63, 3.8) is 0 Å². The maximum absolute atomic E-state index is 12.3. The van der Waals surface area contributed by atoms with Crippen LogP contribution in [0.5, 0.6) is 0 Å². The number of hydrogen-bond donors (Lipinski definition) is 2. The van der Waals surface area contributed by atoms with Gasteiger partial charge in [-0.05, 0) is 6.07 Å². The van der Waals surface area contributed by atoms with Crippen molar-refractivity contribution in [2.24, 2.45) is 0 Å². The highest BCUT2D eigenvalue weighted by atomic mass is 35.5. The lowest BCUT2D eigenvalue weighted by atomic mass is 10.3. The number of H-pyrrole nitrogens is 1. The SMILES string of the molecule is [NH3+]CCCNc1[nH+]cc(C(F)(F)F)cc1Cl. The van der Waals surface area contributed by atoms with Gasteiger partial charge in [-0.2, -0.15) is 13.2 Å². The van der Waals surface area contributed by atoms with E-state index in [0.29, 0.717) is 12.4 Å². The van der Waals surface area contributed by atoms with Gasteiger partial charge < -0.3 is 5.73 Å². The van der Waals surface area contributed by atoms with E-state index >= 15 is 0 Å². The summed E-state index contributed by atoms with van der Waals surface area (Å²) < 4.78 is 36.9. The van der Waals surface area contributed by atoms with Crippen LogP contribution in [-0.4, -0.2) is 13.1 Å². The van der Waals surface area contributed by atoms with E-state index in [2.05, 4.69) is 16.0 Å². The standard InChI is InChI=1S/C9H11ClF3N3/c10-7-4-6(9(11,12)13)5-16-8(7)15-3-1-2-14/h4-5H,1-3,14H2,(H,15,16)/p+2. The number of nitrogens with one attached hydrogen (secondary N) is 2. The van der Waals surface area contributed by atoms with Crippen LogP contribution >= 0.6 is 11.6 Å². The number of aromatic amines is 1. The zero-order valence-corrected chi connectivity index (χ0v) is 9.25. The van der Waals surface area contributed by atoms with Gasteiger partial charge in [-0.1, -0.05) is 11.6 Å². The second kappa shape index (κ2) is 5.36. The first-order valence-corrected chi connectivity index (χ1v) is 5.14. The van der Waals surface area contributed by atoms with Crippen LogP contribution in [-0.2, 0) is 6.18 Å². The molecule has 90 valence electrons. The Morgan fingerprint density at radius 2 is 2.12 bits per heavy atom. The zero-order valence-electron chi connectivity index (χ0n) is 8.49. The van der Waals surface area contributed by atoms with Gasteiger partial charge in [0.2, 0.25) is 0 Å². The van der Waals surface area contributed by atoms with Gasteiger partial charge in [-0.3, -0.25) is 5.32 Å². The maximum atomic E-state index is 12.3. The fourth-order valence-electron chi connectivity index (χ4n) is 1.11. The number of pyridine rings is 1. The molecule has 1 aromatic rings. The third-order valence-corrected chi connectivity index (χ3v) is 2.25. The molecular weight excluding hydrogens is 243 g/mol. The summed E-state index contributed by atoms with van der Waals surface area (Å²) in [4.78, 5) is 2.49. The molecular formula is C9H13ClF3N3+2. The average Bonchev–Trinajstić information content (AvgIpc) is 2.19. The highest BCUT2D eigenvalue weighted by Crippen LogP contribution is 2.30. The molecule has 0 fully saturated rings. The topological polar surface area (TPSA) is 53.8 Å². The normalized spacial score (nSPS) is 11.6. The van der Waals surface area contributed by atoms with Crippen molar-refractivity contribution in [1.82, 2.24) is 0 Å². The molecule has 0 bridgehead atoms. The van der Waals surface area contributed by atoms with E-state index in [-0.39, 0.29) is 5.02 Å². The van der Waals surface area contributed by atoms with Crippen molar-refractivity contribution in [3.05, 3.63) is 22.8 Å². The lowest BCUT2D eigenvalue weighted by molar-refractivity contribution is -0.368. The summed E-state index contributed by atoms with van der Waals surface area (Å²) in [5.74, 6) is 0.392. The molecule has 0 saturated heterocycles. The lowest BCUT2D eigenvalue weighted by Gasteiger charge is -2.06. The third-order valence-electron chi connectivity index (χ3n) is 1.95. The minimum Gasteiger partial charge on any atom is -0.357 e. The summed E-state index contributed by atoms with van der Waals surface area (Å²) in [6.45, 7) is 1.37. The summed E-state index contributed by atoms with van der Waals surface area (Å²) in [7, 11) is 0. The largest absolute Gasteiger partial charge is 0.419 e. The van der Waals surface area contributed by atoms with Gasteiger partial charge >= 0.3 is 6.18 Å². The van der Waals surface area contributed by atoms with Crippen LogP contribution in [0.15, 0.2) is 12.3 Å². The number of aromatic nitrogens is 1. The molecule has 0 aliphatic heterocycles. The Bertz CT molecular complexity index is 354. The Kier molecular flexibility index (Phi) is 4.37. The van der Waals surface area contributed by atoms with Crippen LogP contribution < -0.4 is 16.0 Å². The van der Waals surface area contributed by atoms with Crippen molar-refractivity contribution in [2.75, 3.05) is 18.4 Å². The quantitative estimate of drug-likeness (QED) is 0.781. The molecule has 0 aromatic carbocycles. The van der Waals surface area contributed by atoms with Gasteiger partial charge in [0.1, 0.15) is 11.2 Å². The molecule has 7 heteroatoms. The van der Waals surface area contributed by atoms with Crippen molar-refractivity contribution < 1.29 is 23.9 Å². The van der Waals surface area contributed by atoms with Gasteiger partial charge in [-0.15, -0.1) is 0 Å². The Hall–Kier alpha value is -1.01. The maximum Gasteiger partial charge on any atom is 0.419 e. The fraction of sp³-hybridized carbons (Fsp3) is 0.444. The molecule has 0 spiro atoms. The number of hydrogen-bond acceptors (Lipinski definition) is 1. The number of anilines is 1. The van der Waals surface area contributed by atoms with E-state index in [9.17, 15) is 13.2 Å². The molecule has 0 aliphatic rings. The van der Waals surface area contributed by atoms with E-state index in [1.165, 1.54) is 0 Å². The van der Waals surface area contributed by atoms with Crippen LogP contribution in [0.3, 0.4) is 0 Å². The zero-order chi connectivity index (χ0) is 12.2. The fourth-order valence-corrected chi connectivity index (χ4v) is 1.35. The predicted molar refractivity (Wildman–Crippen MR) is 53.9 cm³/mol. The van der Waals surface area contributed by atoms with Crippen molar-refractivity contribution in [2.45, 2.75) is 12.6 Å². The Balaban J connectivity index is 2.76. The molecule has 0 aliphatic carbocycles. The number of quaternary nitrogens is 1. The van der Waals surface area contributed by atoms with Crippen molar-refractivity contribution in [1.29, 1.82) is 0 Å². The number of rotatable bonds is 4. The molecule has 1 rings (SSSR count). The molecule has 0 amide bonds. The predicted octanol–water partition coefficient (Wildman–Crippen LogP) is 1.22. The molecule has 0 saturated carbocycles. The summed E-state index contributed by atoms with van der Waals surface area (Å²) >= 11 is 5.71. The minimum absolute atomic E-state index is 0.0267. The van der Waals surface area contributed by atoms with Crippen molar-refractivity contribution in [3.8, 4) is 0 Å². The van der Waals surface area contributed by atoms with Crippen LogP contribution in [0.25, 0.3) is 0 Å². The summed E-state index contributed by atoms with van der Waals surface area (Å²) in [5.41, 5.74) is 2.86. The minimum atomic E-state index is -4.38. The van der Waals surface area contributed by atoms with Gasteiger partial charge in [0.25, 0.3) is 5.82 Å². The van der Waals surface area contributed by atoms with E-state index in [4.69, 9.17) is 11.6 Å². The summed E-state index contributed by atoms with van der Waals surface area (Å²) in [5, 5.41) is 2.92. The molecule has 0 radical (unpaired) electrons. The first-order chi connectivity index (χ1) is 7.45. The molecule has 1 heterocycles. The Labute approximate surface area is 95.8 Å². The monoisotopic (exact) mass is 255 g/mol. The second-order valence-corrected chi connectivity index (χ2v) is 3.65. The highest BCUT2D eigenvalue weighted by Gasteiger charge is 2.32. The summed E-state index contributed by atoms with van der Waals surface area (Å²) in [6, 6.07) is 0.893. The second-order valence-electron chi connectivity index (χ2n) is 3.24. The van der Waals surface area contributed by atoms with Gasteiger partial charge in [0, 0.05) is 6.42 Å². The van der Waals surface area contributed by atoms with E-state index < -0.39 is 11.7 Å². The molecule has 1 aromatic heterocycles. The molecule has 16 heavy (non-hydrogen) atoms. The van der Waals surface area contributed by atoms with Crippen LogP contribution in [0.4, 0.5) is 19.0 Å². The molecule has 5 N–H and O–H groups in total. The van der Waals surface area contributed by atoms with E-state index in [1.54, 1.807) is 0 Å². The third kappa shape index (κ3) is 3.53. The Morgan fingerprint density at radius 1 is 1.44 bits per heavy atom. The average molecular weight is 256 g/mol. The first-order valence-electron chi connectivity index (χ1n) is 4.76. The van der Waals surface area contributed by atoms with Gasteiger partial charge in [-0.25, -0.2) is 4.98 Å². The Morgan fingerprint density at radius 3 is 2.62 bits per heavy atom. The van der Waals surface area contributed by atoms with Crippen molar-refractivity contribution >= 4 is 17.4 Å². The van der Waals surface area contributed by atoms with Crippen LogP contribution in [0.1, 0.15) is 12.0 Å². The van der Waals surface area contributed by atoms with Gasteiger partial charge in [0.15, 0.2) is 0 Å². The smallest absolute Gasteiger partial charge is 0.357 e. The number of halogens is 4. The summed E-state index contributed by atoms with van der Waals surface area (Å²) in [6.07, 6.45) is -2.67. The van der Waals surface area contributed by atoms with E-state index in [0.717, 1.165) is 25.2 Å². The molecule has 3 nitrogen and oxygen atoms in total. The number of alkyl halides is 3. The van der Waals surface area contributed by atoms with Crippen LogP contribution in [0.2, 0.25) is 5.02 Å².